The van der Waals surface area contributed by atoms with Crippen molar-refractivity contribution < 1.29 is 23.5 Å². The monoisotopic (exact) mass is 364 g/mol. The third kappa shape index (κ3) is 2.38. The number of anilines is 2. The minimum atomic E-state index is -0.809. The van der Waals surface area contributed by atoms with E-state index in [1.165, 1.54) is 17.0 Å². The highest BCUT2D eigenvalue weighted by Crippen LogP contribution is 2.40. The summed E-state index contributed by atoms with van der Waals surface area (Å²) < 4.78 is 20.0. The fraction of sp³-hybridized carbons (Fsp3) is 0.150. The Morgan fingerprint density at radius 3 is 2.67 bits per heavy atom. The zero-order chi connectivity index (χ0) is 19.3. The van der Waals surface area contributed by atoms with Crippen LogP contribution in [0.2, 0.25) is 0 Å². The molecule has 0 saturated heterocycles. The number of amides is 3. The van der Waals surface area contributed by atoms with E-state index in [9.17, 15) is 18.8 Å². The van der Waals surface area contributed by atoms with E-state index >= 15 is 0 Å². The lowest BCUT2D eigenvalue weighted by molar-refractivity contribution is -0.121. The van der Waals surface area contributed by atoms with E-state index in [-0.39, 0.29) is 41.4 Å². The molecule has 2 aliphatic rings. The average molecular weight is 364 g/mol. The third-order valence-corrected chi connectivity index (χ3v) is 4.58. The minimum absolute atomic E-state index is 0.0402. The van der Waals surface area contributed by atoms with E-state index in [1.54, 1.807) is 19.1 Å². The summed E-state index contributed by atoms with van der Waals surface area (Å²) in [5.74, 6) is 0.0484. The summed E-state index contributed by atoms with van der Waals surface area (Å²) in [4.78, 5) is 39.7. The maximum atomic E-state index is 14.7. The second-order valence-corrected chi connectivity index (χ2v) is 6.19. The van der Waals surface area contributed by atoms with E-state index < -0.39 is 23.5 Å². The van der Waals surface area contributed by atoms with E-state index in [1.807, 2.05) is 0 Å². The van der Waals surface area contributed by atoms with Crippen molar-refractivity contribution in [3.63, 3.8) is 0 Å². The minimum Gasteiger partial charge on any atom is -0.481 e. The summed E-state index contributed by atoms with van der Waals surface area (Å²) >= 11 is 0. The largest absolute Gasteiger partial charge is 0.481 e. The first-order valence-electron chi connectivity index (χ1n) is 8.12. The molecule has 2 aromatic rings. The highest BCUT2D eigenvalue weighted by molar-refractivity contribution is 6.35. The molecule has 0 spiro atoms. The van der Waals surface area contributed by atoms with Gasteiger partial charge < -0.3 is 4.74 Å². The van der Waals surface area contributed by atoms with Crippen molar-refractivity contribution in [3.05, 3.63) is 52.8 Å². The predicted octanol–water partition coefficient (Wildman–Crippen LogP) is 2.29. The molecule has 0 atom stereocenters. The molecule has 2 aromatic carbocycles. The van der Waals surface area contributed by atoms with Gasteiger partial charge >= 0.3 is 0 Å². The van der Waals surface area contributed by atoms with E-state index in [0.29, 0.717) is 5.56 Å². The smallest absolute Gasteiger partial charge is 0.266 e. The number of fused-ring (bicyclic) bond motifs is 2. The van der Waals surface area contributed by atoms with Gasteiger partial charge in [0.2, 0.25) is 0 Å². The molecule has 2 aliphatic heterocycles. The Bertz CT molecular complexity index is 1070. The van der Waals surface area contributed by atoms with Gasteiger partial charge in [-0.2, -0.15) is 0 Å². The predicted molar refractivity (Wildman–Crippen MR) is 95.4 cm³/mol. The van der Waals surface area contributed by atoms with Gasteiger partial charge in [-0.3, -0.25) is 19.3 Å². The van der Waals surface area contributed by atoms with Gasteiger partial charge in [-0.25, -0.2) is 9.29 Å². The Hall–Kier alpha value is -3.66. The van der Waals surface area contributed by atoms with Crippen molar-refractivity contribution >= 4 is 29.1 Å². The van der Waals surface area contributed by atoms with Crippen LogP contribution in [0.1, 0.15) is 26.3 Å². The number of rotatable bonds is 2. The zero-order valence-corrected chi connectivity index (χ0v) is 14.3. The second-order valence-electron chi connectivity index (χ2n) is 6.19. The number of ether oxygens (including phenoxy) is 1. The van der Waals surface area contributed by atoms with E-state index in [0.717, 1.165) is 11.0 Å². The van der Waals surface area contributed by atoms with Crippen LogP contribution < -0.4 is 14.5 Å². The number of benzene rings is 2. The standard InChI is InChI=1S/C20H13FN2O4/c1-3-7-22-15-9-14(13(21)8-16(15)27-10-17(22)24)23-19(25)12-6-4-5-11(2)18(12)20(23)26/h1,4-6,8-9H,7,10H2,2H3. The fourth-order valence-electron chi connectivity index (χ4n) is 3.32. The molecule has 4 rings (SSSR count). The summed E-state index contributed by atoms with van der Waals surface area (Å²) in [6, 6.07) is 7.19. The Kier molecular flexibility index (Phi) is 3.70. The van der Waals surface area contributed by atoms with Gasteiger partial charge in [-0.05, 0) is 24.6 Å². The highest BCUT2D eigenvalue weighted by Gasteiger charge is 2.40. The second kappa shape index (κ2) is 5.95. The molecule has 0 aromatic heterocycles. The SMILES string of the molecule is C#CCN1C(=O)COc2cc(F)c(N3C(=O)c4cccc(C)c4C3=O)cc21. The summed E-state index contributed by atoms with van der Waals surface area (Å²) in [7, 11) is 0. The quantitative estimate of drug-likeness (QED) is 0.606. The van der Waals surface area contributed by atoms with E-state index in [2.05, 4.69) is 5.92 Å². The first-order chi connectivity index (χ1) is 12.9. The number of hydrogen-bond donors (Lipinski definition) is 0. The zero-order valence-electron chi connectivity index (χ0n) is 14.3. The Labute approximate surface area is 154 Å². The van der Waals surface area contributed by atoms with Crippen LogP contribution in [0.15, 0.2) is 30.3 Å². The lowest BCUT2D eigenvalue weighted by atomic mass is 10.0. The summed E-state index contributed by atoms with van der Waals surface area (Å²) in [6.45, 7) is 1.40. The molecule has 0 fully saturated rings. The molecule has 3 amide bonds. The number of nitrogens with zero attached hydrogens (tertiary/aromatic N) is 2. The highest BCUT2D eigenvalue weighted by atomic mass is 19.1. The van der Waals surface area contributed by atoms with Crippen LogP contribution in [0.3, 0.4) is 0 Å². The summed E-state index contributed by atoms with van der Waals surface area (Å²) in [5.41, 5.74) is 1.05. The lowest BCUT2D eigenvalue weighted by Crippen LogP contribution is -2.39. The number of carbonyl (C=O) groups is 3. The topological polar surface area (TPSA) is 66.9 Å². The van der Waals surface area contributed by atoms with Gasteiger partial charge in [0.15, 0.2) is 12.4 Å². The number of halogens is 1. The number of imide groups is 1. The molecule has 6 nitrogen and oxygen atoms in total. The Morgan fingerprint density at radius 2 is 1.96 bits per heavy atom. The number of hydrogen-bond acceptors (Lipinski definition) is 4. The fourth-order valence-corrected chi connectivity index (χ4v) is 3.32. The van der Waals surface area contributed by atoms with Crippen molar-refractivity contribution in [2.75, 3.05) is 23.0 Å². The molecule has 0 N–H and O–H groups in total. The molecule has 0 unspecified atom stereocenters. The van der Waals surface area contributed by atoms with Gasteiger partial charge in [0.1, 0.15) is 5.75 Å². The molecule has 7 heteroatoms. The van der Waals surface area contributed by atoms with Crippen LogP contribution in [-0.2, 0) is 4.79 Å². The van der Waals surface area contributed by atoms with Crippen LogP contribution in [0.25, 0.3) is 0 Å². The van der Waals surface area contributed by atoms with Gasteiger partial charge in [-0.15, -0.1) is 6.42 Å². The normalized spacial score (nSPS) is 15.4. The van der Waals surface area contributed by atoms with Gasteiger partial charge in [0, 0.05) is 6.07 Å². The van der Waals surface area contributed by atoms with Crippen molar-refractivity contribution in [2.24, 2.45) is 0 Å². The molecule has 27 heavy (non-hydrogen) atoms. The van der Waals surface area contributed by atoms with Gasteiger partial charge in [0.05, 0.1) is 29.0 Å². The van der Waals surface area contributed by atoms with Crippen molar-refractivity contribution in [1.82, 2.24) is 0 Å². The van der Waals surface area contributed by atoms with E-state index in [4.69, 9.17) is 11.2 Å². The van der Waals surface area contributed by atoms with Crippen LogP contribution >= 0.6 is 0 Å². The Morgan fingerprint density at radius 1 is 1.19 bits per heavy atom. The molecule has 0 saturated carbocycles. The summed E-state index contributed by atoms with van der Waals surface area (Å²) in [6.07, 6.45) is 5.31. The molecule has 0 radical (unpaired) electrons. The first kappa shape index (κ1) is 16.8. The van der Waals surface area contributed by atoms with Crippen LogP contribution in [0.4, 0.5) is 15.8 Å². The maximum absolute atomic E-state index is 14.7. The number of terminal acetylenes is 1. The molecule has 134 valence electrons. The van der Waals surface area contributed by atoms with Crippen LogP contribution in [-0.4, -0.2) is 30.9 Å². The third-order valence-electron chi connectivity index (χ3n) is 4.58. The van der Waals surface area contributed by atoms with Crippen molar-refractivity contribution in [1.29, 1.82) is 0 Å². The van der Waals surface area contributed by atoms with Crippen molar-refractivity contribution in [2.45, 2.75) is 6.92 Å². The first-order valence-corrected chi connectivity index (χ1v) is 8.12. The molecule has 0 aliphatic carbocycles. The molecular weight excluding hydrogens is 351 g/mol. The van der Waals surface area contributed by atoms with Gasteiger partial charge in [-0.1, -0.05) is 18.1 Å². The average Bonchev–Trinajstić information content (AvgIpc) is 2.89. The number of aryl methyl sites for hydroxylation is 1. The number of carbonyl (C=O) groups excluding carboxylic acids is 3. The van der Waals surface area contributed by atoms with Crippen LogP contribution in [0, 0.1) is 25.1 Å². The van der Waals surface area contributed by atoms with Gasteiger partial charge in [0.25, 0.3) is 17.7 Å². The van der Waals surface area contributed by atoms with Crippen molar-refractivity contribution in [3.8, 4) is 18.1 Å². The Balaban J connectivity index is 1.86. The molecule has 2 heterocycles. The lowest BCUT2D eigenvalue weighted by Gasteiger charge is -2.29. The maximum Gasteiger partial charge on any atom is 0.266 e. The summed E-state index contributed by atoms with van der Waals surface area (Å²) in [5, 5.41) is 0. The molecular formula is C20H13FN2O4. The molecule has 0 bridgehead atoms. The van der Waals surface area contributed by atoms with Crippen LogP contribution in [0.5, 0.6) is 5.75 Å².